The molecule has 0 saturated carbocycles. The second kappa shape index (κ2) is 5.07. The second-order valence-electron chi connectivity index (χ2n) is 3.17. The van der Waals surface area contributed by atoms with E-state index in [1.807, 2.05) is 13.8 Å². The smallest absolute Gasteiger partial charge is 0.410 e. The first kappa shape index (κ1) is 10.3. The summed E-state index contributed by atoms with van der Waals surface area (Å²) in [5.74, 6) is 0. The number of rotatable bonds is 3. The van der Waals surface area contributed by atoms with Gasteiger partial charge in [-0.2, -0.15) is 0 Å². The van der Waals surface area contributed by atoms with Gasteiger partial charge in [0.2, 0.25) is 0 Å². The molecule has 0 bridgehead atoms. The van der Waals surface area contributed by atoms with E-state index >= 15 is 0 Å². The van der Waals surface area contributed by atoms with Gasteiger partial charge in [0.15, 0.2) is 0 Å². The van der Waals surface area contributed by atoms with E-state index in [0.29, 0.717) is 0 Å². The van der Waals surface area contributed by atoms with Crippen molar-refractivity contribution in [3.63, 3.8) is 0 Å². The quantitative estimate of drug-likeness (QED) is 0.709. The third kappa shape index (κ3) is 2.88. The molecule has 4 heteroatoms. The summed E-state index contributed by atoms with van der Waals surface area (Å²) in [6.07, 6.45) is 0.833. The summed E-state index contributed by atoms with van der Waals surface area (Å²) in [7, 11) is 0. The molecule has 0 spiro atoms. The number of ether oxygens (including phenoxy) is 1. The monoisotopic (exact) mass is 186 g/mol. The van der Waals surface area contributed by atoms with Crippen LogP contribution in [0, 0.1) is 0 Å². The van der Waals surface area contributed by atoms with E-state index in [4.69, 9.17) is 4.74 Å². The van der Waals surface area contributed by atoms with E-state index in [2.05, 4.69) is 5.32 Å². The lowest BCUT2D eigenvalue weighted by Crippen LogP contribution is -2.34. The van der Waals surface area contributed by atoms with Crippen molar-refractivity contribution in [2.75, 3.05) is 26.2 Å². The van der Waals surface area contributed by atoms with Gasteiger partial charge in [-0.3, -0.25) is 0 Å². The van der Waals surface area contributed by atoms with Gasteiger partial charge in [0.1, 0.15) is 6.10 Å². The fourth-order valence-electron chi connectivity index (χ4n) is 1.43. The van der Waals surface area contributed by atoms with Crippen molar-refractivity contribution in [1.82, 2.24) is 10.2 Å². The Labute approximate surface area is 79.2 Å². The van der Waals surface area contributed by atoms with Crippen molar-refractivity contribution < 1.29 is 9.53 Å². The van der Waals surface area contributed by atoms with E-state index in [1.165, 1.54) is 0 Å². The minimum Gasteiger partial charge on any atom is -0.445 e. The lowest BCUT2D eigenvalue weighted by Gasteiger charge is -2.20. The maximum absolute atomic E-state index is 11.4. The molecule has 1 fully saturated rings. The number of amides is 1. The Balaban J connectivity index is 2.29. The fourth-order valence-corrected chi connectivity index (χ4v) is 1.43. The van der Waals surface area contributed by atoms with E-state index in [0.717, 1.165) is 32.6 Å². The van der Waals surface area contributed by atoms with Gasteiger partial charge in [-0.25, -0.2) is 4.79 Å². The number of carbonyl (C=O) groups excluding carboxylic acids is 1. The lowest BCUT2D eigenvalue weighted by atomic mass is 10.3. The molecule has 1 unspecified atom stereocenters. The lowest BCUT2D eigenvalue weighted by molar-refractivity contribution is 0.0733. The maximum atomic E-state index is 11.4. The predicted molar refractivity (Wildman–Crippen MR) is 50.7 cm³/mol. The molecule has 0 aromatic rings. The van der Waals surface area contributed by atoms with Crippen LogP contribution in [0.15, 0.2) is 0 Å². The number of nitrogens with one attached hydrogen (secondary N) is 1. The molecule has 1 aliphatic heterocycles. The first-order valence-corrected chi connectivity index (χ1v) is 4.94. The third-order valence-corrected chi connectivity index (χ3v) is 2.30. The van der Waals surface area contributed by atoms with Gasteiger partial charge in [0.25, 0.3) is 0 Å². The molecule has 4 nitrogen and oxygen atoms in total. The van der Waals surface area contributed by atoms with Gasteiger partial charge in [0.05, 0.1) is 0 Å². The van der Waals surface area contributed by atoms with Gasteiger partial charge < -0.3 is 15.0 Å². The molecule has 1 saturated heterocycles. The average Bonchev–Trinajstić information content (AvgIpc) is 2.59. The predicted octanol–water partition coefficient (Wildman–Crippen LogP) is 0.827. The summed E-state index contributed by atoms with van der Waals surface area (Å²) in [5, 5.41) is 3.16. The van der Waals surface area contributed by atoms with Crippen LogP contribution >= 0.6 is 0 Å². The molecule has 1 N–H and O–H groups in total. The first-order chi connectivity index (χ1) is 6.27. The molecule has 1 heterocycles. The molecular formula is C9H18N2O2. The van der Waals surface area contributed by atoms with E-state index in [1.54, 1.807) is 4.90 Å². The summed E-state index contributed by atoms with van der Waals surface area (Å²) < 4.78 is 5.28. The Hall–Kier alpha value is -0.770. The molecule has 0 aliphatic carbocycles. The van der Waals surface area contributed by atoms with Gasteiger partial charge >= 0.3 is 6.09 Å². The highest BCUT2D eigenvalue weighted by atomic mass is 16.6. The van der Waals surface area contributed by atoms with Gasteiger partial charge in [-0.15, -0.1) is 0 Å². The normalized spacial score (nSPS) is 21.5. The van der Waals surface area contributed by atoms with E-state index < -0.39 is 0 Å². The highest BCUT2D eigenvalue weighted by molar-refractivity contribution is 5.67. The van der Waals surface area contributed by atoms with Gasteiger partial charge in [0, 0.05) is 19.6 Å². The van der Waals surface area contributed by atoms with E-state index in [-0.39, 0.29) is 12.2 Å². The van der Waals surface area contributed by atoms with Crippen LogP contribution in [-0.2, 0) is 4.74 Å². The van der Waals surface area contributed by atoms with Crippen molar-refractivity contribution in [3.8, 4) is 0 Å². The van der Waals surface area contributed by atoms with Crippen LogP contribution in [0.1, 0.15) is 20.3 Å². The summed E-state index contributed by atoms with van der Waals surface area (Å²) in [6, 6.07) is 0. The zero-order valence-corrected chi connectivity index (χ0v) is 8.38. The minimum absolute atomic E-state index is 0.0769. The molecule has 0 aromatic heterocycles. The molecular weight excluding hydrogens is 168 g/mol. The molecule has 1 atom stereocenters. The van der Waals surface area contributed by atoms with Crippen LogP contribution in [0.4, 0.5) is 4.79 Å². The molecule has 0 aromatic carbocycles. The molecule has 1 rings (SSSR count). The Morgan fingerprint density at radius 2 is 2.23 bits per heavy atom. The highest BCUT2D eigenvalue weighted by Gasteiger charge is 2.20. The van der Waals surface area contributed by atoms with Gasteiger partial charge in [-0.1, -0.05) is 0 Å². The van der Waals surface area contributed by atoms with Crippen LogP contribution in [0.5, 0.6) is 0 Å². The Morgan fingerprint density at radius 3 is 2.69 bits per heavy atom. The van der Waals surface area contributed by atoms with Crippen molar-refractivity contribution in [1.29, 1.82) is 0 Å². The van der Waals surface area contributed by atoms with Crippen LogP contribution < -0.4 is 5.32 Å². The van der Waals surface area contributed by atoms with Gasteiger partial charge in [-0.05, 0) is 26.8 Å². The number of hydrogen-bond acceptors (Lipinski definition) is 3. The zero-order valence-electron chi connectivity index (χ0n) is 8.38. The largest absolute Gasteiger partial charge is 0.445 e. The van der Waals surface area contributed by atoms with Crippen molar-refractivity contribution >= 4 is 6.09 Å². The van der Waals surface area contributed by atoms with E-state index in [9.17, 15) is 4.79 Å². The van der Waals surface area contributed by atoms with Crippen molar-refractivity contribution in [2.24, 2.45) is 0 Å². The second-order valence-corrected chi connectivity index (χ2v) is 3.17. The van der Waals surface area contributed by atoms with Crippen LogP contribution in [0.3, 0.4) is 0 Å². The Morgan fingerprint density at radius 1 is 1.54 bits per heavy atom. The van der Waals surface area contributed by atoms with Crippen molar-refractivity contribution in [2.45, 2.75) is 26.4 Å². The number of carbonyl (C=O) groups is 1. The maximum Gasteiger partial charge on any atom is 0.410 e. The Kier molecular flexibility index (Phi) is 4.02. The average molecular weight is 186 g/mol. The molecule has 1 amide bonds. The number of hydrogen-bond donors (Lipinski definition) is 1. The molecule has 76 valence electrons. The van der Waals surface area contributed by atoms with Crippen molar-refractivity contribution in [3.05, 3.63) is 0 Å². The number of nitrogens with zero attached hydrogens (tertiary/aromatic N) is 1. The Bertz CT molecular complexity index is 163. The third-order valence-electron chi connectivity index (χ3n) is 2.30. The van der Waals surface area contributed by atoms with Crippen LogP contribution in [0.2, 0.25) is 0 Å². The fraction of sp³-hybridized carbons (Fsp3) is 0.889. The molecule has 13 heavy (non-hydrogen) atoms. The summed E-state index contributed by atoms with van der Waals surface area (Å²) >= 11 is 0. The SMILES string of the molecule is CCN(CC)C(=O)OC1CCNC1. The topological polar surface area (TPSA) is 41.6 Å². The highest BCUT2D eigenvalue weighted by Crippen LogP contribution is 2.05. The standard InChI is InChI=1S/C9H18N2O2/c1-3-11(4-2)9(12)13-8-5-6-10-7-8/h8,10H,3-7H2,1-2H3. The van der Waals surface area contributed by atoms with Crippen LogP contribution in [-0.4, -0.2) is 43.3 Å². The zero-order chi connectivity index (χ0) is 9.68. The molecule has 0 radical (unpaired) electrons. The minimum atomic E-state index is -0.182. The summed E-state index contributed by atoms with van der Waals surface area (Å²) in [6.45, 7) is 7.10. The van der Waals surface area contributed by atoms with Crippen LogP contribution in [0.25, 0.3) is 0 Å². The summed E-state index contributed by atoms with van der Waals surface area (Å²) in [4.78, 5) is 13.1. The molecule has 1 aliphatic rings. The first-order valence-electron chi connectivity index (χ1n) is 4.94. The summed E-state index contributed by atoms with van der Waals surface area (Å²) in [5.41, 5.74) is 0.